The maximum atomic E-state index is 3.37. The normalized spacial score (nSPS) is 11.8. The highest BCUT2D eigenvalue weighted by atomic mass is 15.1. The summed E-state index contributed by atoms with van der Waals surface area (Å²) in [5.74, 6) is 0.780. The molecule has 1 N–H and O–H groups in total. The Hall–Kier alpha value is -1.28. The van der Waals surface area contributed by atoms with Crippen LogP contribution in [0.2, 0.25) is 0 Å². The maximum Gasteiger partial charge on any atom is 0.0457 e. The molecule has 2 nitrogen and oxygen atoms in total. The van der Waals surface area contributed by atoms with Crippen LogP contribution in [0, 0.1) is 5.92 Å². The SMILES string of the molecule is CCCN(CCC(C)C)Cc1c[nH]c2ccccc12. The molecule has 2 heteroatoms. The van der Waals surface area contributed by atoms with E-state index in [1.807, 2.05) is 0 Å². The van der Waals surface area contributed by atoms with Crippen LogP contribution in [-0.4, -0.2) is 23.0 Å². The number of hydrogen-bond acceptors (Lipinski definition) is 1. The van der Waals surface area contributed by atoms with E-state index in [9.17, 15) is 0 Å². The van der Waals surface area contributed by atoms with Gasteiger partial charge in [-0.2, -0.15) is 0 Å². The van der Waals surface area contributed by atoms with Crippen molar-refractivity contribution in [3.8, 4) is 0 Å². The molecule has 0 aliphatic carbocycles. The van der Waals surface area contributed by atoms with Crippen molar-refractivity contribution in [1.29, 1.82) is 0 Å². The fraction of sp³-hybridized carbons (Fsp3) is 0.529. The van der Waals surface area contributed by atoms with E-state index >= 15 is 0 Å². The van der Waals surface area contributed by atoms with Gasteiger partial charge in [0.05, 0.1) is 0 Å². The molecule has 0 unspecified atom stereocenters. The van der Waals surface area contributed by atoms with Gasteiger partial charge in [-0.1, -0.05) is 39.0 Å². The monoisotopic (exact) mass is 258 g/mol. The Balaban J connectivity index is 2.07. The molecule has 0 bridgehead atoms. The molecule has 1 aromatic heterocycles. The number of aromatic nitrogens is 1. The molecule has 0 radical (unpaired) electrons. The predicted octanol–water partition coefficient (Wildman–Crippen LogP) is 4.43. The number of rotatable bonds is 7. The Morgan fingerprint density at radius 2 is 1.95 bits per heavy atom. The number of H-pyrrole nitrogens is 1. The molecule has 0 saturated heterocycles. The third kappa shape index (κ3) is 3.84. The van der Waals surface area contributed by atoms with Crippen molar-refractivity contribution < 1.29 is 0 Å². The number of hydrogen-bond donors (Lipinski definition) is 1. The molecule has 0 fully saturated rings. The van der Waals surface area contributed by atoms with Crippen molar-refractivity contribution in [2.24, 2.45) is 5.92 Å². The highest BCUT2D eigenvalue weighted by Crippen LogP contribution is 2.19. The molecule has 1 heterocycles. The first-order valence-electron chi connectivity index (χ1n) is 7.48. The second kappa shape index (κ2) is 6.76. The van der Waals surface area contributed by atoms with E-state index in [0.717, 1.165) is 12.5 Å². The van der Waals surface area contributed by atoms with Gasteiger partial charge in [-0.3, -0.25) is 4.90 Å². The van der Waals surface area contributed by atoms with Crippen molar-refractivity contribution in [2.45, 2.75) is 40.2 Å². The Labute approximate surface area is 116 Å². The molecule has 104 valence electrons. The van der Waals surface area contributed by atoms with Gasteiger partial charge >= 0.3 is 0 Å². The van der Waals surface area contributed by atoms with Crippen molar-refractivity contribution in [3.05, 3.63) is 36.0 Å². The second-order valence-corrected chi connectivity index (χ2v) is 5.82. The lowest BCUT2D eigenvalue weighted by Crippen LogP contribution is -2.26. The quantitative estimate of drug-likeness (QED) is 0.778. The van der Waals surface area contributed by atoms with E-state index in [0.29, 0.717) is 0 Å². The minimum atomic E-state index is 0.780. The van der Waals surface area contributed by atoms with Gasteiger partial charge in [0.25, 0.3) is 0 Å². The summed E-state index contributed by atoms with van der Waals surface area (Å²) in [7, 11) is 0. The lowest BCUT2D eigenvalue weighted by atomic mass is 10.1. The summed E-state index contributed by atoms with van der Waals surface area (Å²) in [4.78, 5) is 5.95. The van der Waals surface area contributed by atoms with Gasteiger partial charge in [0.15, 0.2) is 0 Å². The van der Waals surface area contributed by atoms with Gasteiger partial charge in [0.1, 0.15) is 0 Å². The van der Waals surface area contributed by atoms with Crippen LogP contribution in [0.5, 0.6) is 0 Å². The van der Waals surface area contributed by atoms with Crippen LogP contribution < -0.4 is 0 Å². The standard InChI is InChI=1S/C17H26N2/c1-4-10-19(11-9-14(2)3)13-15-12-18-17-8-6-5-7-16(15)17/h5-8,12,14,18H,4,9-11,13H2,1-3H3. The molecule has 2 rings (SSSR count). The average Bonchev–Trinajstić information content (AvgIpc) is 2.80. The first-order chi connectivity index (χ1) is 9.20. The van der Waals surface area contributed by atoms with E-state index in [2.05, 4.69) is 61.1 Å². The van der Waals surface area contributed by atoms with Crippen LogP contribution >= 0.6 is 0 Å². The number of nitrogens with zero attached hydrogens (tertiary/aromatic N) is 1. The summed E-state index contributed by atoms with van der Waals surface area (Å²) in [6.07, 6.45) is 4.67. The van der Waals surface area contributed by atoms with Crippen LogP contribution in [0.15, 0.2) is 30.5 Å². The number of para-hydroxylation sites is 1. The zero-order valence-electron chi connectivity index (χ0n) is 12.4. The summed E-state index contributed by atoms with van der Waals surface area (Å²) in [5, 5.41) is 1.37. The maximum absolute atomic E-state index is 3.37. The summed E-state index contributed by atoms with van der Waals surface area (Å²) in [5.41, 5.74) is 2.67. The van der Waals surface area contributed by atoms with E-state index in [1.165, 1.54) is 42.4 Å². The summed E-state index contributed by atoms with van der Waals surface area (Å²) in [6.45, 7) is 10.3. The highest BCUT2D eigenvalue weighted by Gasteiger charge is 2.09. The molecule has 19 heavy (non-hydrogen) atoms. The van der Waals surface area contributed by atoms with Crippen LogP contribution in [0.3, 0.4) is 0 Å². The van der Waals surface area contributed by atoms with Gasteiger partial charge in [-0.25, -0.2) is 0 Å². The highest BCUT2D eigenvalue weighted by molar-refractivity contribution is 5.82. The molecule has 0 atom stereocenters. The van der Waals surface area contributed by atoms with Gasteiger partial charge in [0.2, 0.25) is 0 Å². The van der Waals surface area contributed by atoms with Crippen molar-refractivity contribution in [3.63, 3.8) is 0 Å². The van der Waals surface area contributed by atoms with Gasteiger partial charge in [0, 0.05) is 23.6 Å². The largest absolute Gasteiger partial charge is 0.361 e. The molecular weight excluding hydrogens is 232 g/mol. The minimum absolute atomic E-state index is 0.780. The van der Waals surface area contributed by atoms with E-state index in [1.54, 1.807) is 0 Å². The Morgan fingerprint density at radius 3 is 2.68 bits per heavy atom. The first-order valence-corrected chi connectivity index (χ1v) is 7.48. The molecule has 0 spiro atoms. The Morgan fingerprint density at radius 1 is 1.16 bits per heavy atom. The van der Waals surface area contributed by atoms with Crippen molar-refractivity contribution in [2.75, 3.05) is 13.1 Å². The zero-order chi connectivity index (χ0) is 13.7. The predicted molar refractivity (Wildman–Crippen MR) is 83.3 cm³/mol. The molecular formula is C17H26N2. The third-order valence-electron chi connectivity index (χ3n) is 3.63. The van der Waals surface area contributed by atoms with Crippen LogP contribution in [0.1, 0.15) is 39.2 Å². The van der Waals surface area contributed by atoms with Crippen LogP contribution in [-0.2, 0) is 6.54 Å². The first kappa shape index (κ1) is 14.1. The Bertz CT molecular complexity index is 499. The number of fused-ring (bicyclic) bond motifs is 1. The second-order valence-electron chi connectivity index (χ2n) is 5.82. The minimum Gasteiger partial charge on any atom is -0.361 e. The summed E-state index contributed by atoms with van der Waals surface area (Å²) < 4.78 is 0. The molecule has 1 aromatic carbocycles. The van der Waals surface area contributed by atoms with E-state index in [-0.39, 0.29) is 0 Å². The third-order valence-corrected chi connectivity index (χ3v) is 3.63. The molecule has 0 aliphatic rings. The Kier molecular flexibility index (Phi) is 5.03. The summed E-state index contributed by atoms with van der Waals surface area (Å²) in [6, 6.07) is 8.58. The zero-order valence-corrected chi connectivity index (χ0v) is 12.4. The van der Waals surface area contributed by atoms with Gasteiger partial charge in [-0.15, -0.1) is 0 Å². The lowest BCUT2D eigenvalue weighted by molar-refractivity contribution is 0.251. The van der Waals surface area contributed by atoms with Gasteiger partial charge < -0.3 is 4.98 Å². The topological polar surface area (TPSA) is 19.0 Å². The summed E-state index contributed by atoms with van der Waals surface area (Å²) >= 11 is 0. The number of aromatic amines is 1. The van der Waals surface area contributed by atoms with Crippen molar-refractivity contribution >= 4 is 10.9 Å². The molecule has 0 saturated carbocycles. The molecule has 2 aromatic rings. The van der Waals surface area contributed by atoms with Crippen LogP contribution in [0.4, 0.5) is 0 Å². The fourth-order valence-corrected chi connectivity index (χ4v) is 2.53. The molecule has 0 aliphatic heterocycles. The average molecular weight is 258 g/mol. The fourth-order valence-electron chi connectivity index (χ4n) is 2.53. The van der Waals surface area contributed by atoms with Crippen LogP contribution in [0.25, 0.3) is 10.9 Å². The number of nitrogens with one attached hydrogen (secondary N) is 1. The lowest BCUT2D eigenvalue weighted by Gasteiger charge is -2.22. The molecule has 0 amide bonds. The van der Waals surface area contributed by atoms with E-state index in [4.69, 9.17) is 0 Å². The van der Waals surface area contributed by atoms with Gasteiger partial charge in [-0.05, 0) is 43.5 Å². The smallest absolute Gasteiger partial charge is 0.0457 e. The van der Waals surface area contributed by atoms with Crippen molar-refractivity contribution in [1.82, 2.24) is 9.88 Å². The number of benzene rings is 1. The van der Waals surface area contributed by atoms with E-state index < -0.39 is 0 Å².